The Morgan fingerprint density at radius 2 is 2.29 bits per heavy atom. The quantitative estimate of drug-likeness (QED) is 0.840. The highest BCUT2D eigenvalue weighted by Gasteiger charge is 2.33. The van der Waals surface area contributed by atoms with Crippen molar-refractivity contribution in [1.82, 2.24) is 14.3 Å². The van der Waals surface area contributed by atoms with Crippen molar-refractivity contribution in [3.05, 3.63) is 33.6 Å². The third-order valence-electron chi connectivity index (χ3n) is 3.58. The van der Waals surface area contributed by atoms with Crippen molar-refractivity contribution in [3.8, 4) is 0 Å². The van der Waals surface area contributed by atoms with Gasteiger partial charge in [-0.1, -0.05) is 11.6 Å². The summed E-state index contributed by atoms with van der Waals surface area (Å²) in [5.74, 6) is 0. The molecular weight excluding hydrogens is 398 g/mol. The fourth-order valence-electron chi connectivity index (χ4n) is 2.62. The summed E-state index contributed by atoms with van der Waals surface area (Å²) in [6.07, 6.45) is 8.07. The fraction of sp³-hybridized carbons (Fsp3) is 0.417. The molecule has 9 heteroatoms. The summed E-state index contributed by atoms with van der Waals surface area (Å²) in [6, 6.07) is 1.46. The van der Waals surface area contributed by atoms with Gasteiger partial charge in [0.1, 0.15) is 4.21 Å². The topological polar surface area (TPSA) is 64.0 Å². The van der Waals surface area contributed by atoms with Crippen LogP contribution in [0.4, 0.5) is 0 Å². The first-order valence-electron chi connectivity index (χ1n) is 6.42. The van der Waals surface area contributed by atoms with E-state index in [1.54, 1.807) is 12.5 Å². The van der Waals surface area contributed by atoms with Gasteiger partial charge in [0.15, 0.2) is 0 Å². The number of thiophene rings is 1. The number of nitrogens with one attached hydrogen (secondary N) is 1. The zero-order valence-electron chi connectivity index (χ0n) is 10.9. The molecule has 0 saturated heterocycles. The van der Waals surface area contributed by atoms with E-state index in [0.29, 0.717) is 8.81 Å². The van der Waals surface area contributed by atoms with E-state index < -0.39 is 10.0 Å². The first-order valence-corrected chi connectivity index (χ1v) is 9.89. The predicted molar refractivity (Wildman–Crippen MR) is 86.3 cm³/mol. The third kappa shape index (κ3) is 3.19. The maximum absolute atomic E-state index is 12.5. The largest absolute Gasteiger partial charge is 0.333 e. The standard InChI is InChI=1S/C12H13BrClN3O2S2/c13-12-8(14)6-11(20-12)21(18,19)16-9-2-1-3-10(9)17-5-4-15-7-17/h4-7,9-10,16H,1-3H2. The Hall–Kier alpha value is -0.410. The first-order chi connectivity index (χ1) is 9.97. The monoisotopic (exact) mass is 409 g/mol. The van der Waals surface area contributed by atoms with Crippen LogP contribution in [0, 0.1) is 0 Å². The van der Waals surface area contributed by atoms with Gasteiger partial charge in [-0.2, -0.15) is 0 Å². The molecule has 0 aliphatic heterocycles. The van der Waals surface area contributed by atoms with E-state index in [1.807, 2.05) is 10.8 Å². The number of nitrogens with zero attached hydrogens (tertiary/aromatic N) is 2. The third-order valence-corrected chi connectivity index (χ3v) is 8.02. The van der Waals surface area contributed by atoms with E-state index in [4.69, 9.17) is 11.6 Å². The lowest BCUT2D eigenvalue weighted by Crippen LogP contribution is -2.37. The van der Waals surface area contributed by atoms with E-state index >= 15 is 0 Å². The molecule has 0 amide bonds. The highest BCUT2D eigenvalue weighted by Crippen LogP contribution is 2.36. The highest BCUT2D eigenvalue weighted by molar-refractivity contribution is 9.11. The molecule has 2 heterocycles. The molecule has 5 nitrogen and oxygen atoms in total. The minimum absolute atomic E-state index is 0.112. The van der Waals surface area contributed by atoms with E-state index in [0.717, 1.165) is 30.6 Å². The van der Waals surface area contributed by atoms with Crippen LogP contribution in [-0.2, 0) is 10.0 Å². The van der Waals surface area contributed by atoms with Crippen LogP contribution in [0.5, 0.6) is 0 Å². The van der Waals surface area contributed by atoms with Crippen molar-refractivity contribution in [2.24, 2.45) is 0 Å². The van der Waals surface area contributed by atoms with E-state index in [2.05, 4.69) is 25.6 Å². The van der Waals surface area contributed by atoms with Crippen LogP contribution in [0.1, 0.15) is 25.3 Å². The molecule has 3 rings (SSSR count). The predicted octanol–water partition coefficient (Wildman–Crippen LogP) is 3.43. The van der Waals surface area contributed by atoms with Crippen molar-refractivity contribution < 1.29 is 8.42 Å². The highest BCUT2D eigenvalue weighted by atomic mass is 79.9. The van der Waals surface area contributed by atoms with Gasteiger partial charge in [0, 0.05) is 18.4 Å². The molecule has 1 fully saturated rings. The number of imidazole rings is 1. The summed E-state index contributed by atoms with van der Waals surface area (Å²) in [6.45, 7) is 0. The number of aromatic nitrogens is 2. The Morgan fingerprint density at radius 3 is 2.90 bits per heavy atom. The zero-order valence-corrected chi connectivity index (χ0v) is 14.8. The molecule has 2 unspecified atom stereocenters. The van der Waals surface area contributed by atoms with Crippen molar-refractivity contribution in [2.75, 3.05) is 0 Å². The van der Waals surface area contributed by atoms with Crippen LogP contribution in [-0.4, -0.2) is 24.0 Å². The molecule has 2 aromatic rings. The molecule has 2 atom stereocenters. The second-order valence-corrected chi connectivity index (χ2v) is 9.64. The van der Waals surface area contributed by atoms with Crippen molar-refractivity contribution in [1.29, 1.82) is 0 Å². The number of rotatable bonds is 4. The summed E-state index contributed by atoms with van der Waals surface area (Å²) in [7, 11) is -3.55. The molecule has 1 N–H and O–H groups in total. The molecule has 0 aromatic carbocycles. The summed E-state index contributed by atoms with van der Waals surface area (Å²) < 4.78 is 30.6. The van der Waals surface area contributed by atoms with Gasteiger partial charge >= 0.3 is 0 Å². The Bertz CT molecular complexity index is 710. The Labute approximate surface area is 140 Å². The number of sulfonamides is 1. The van der Waals surface area contributed by atoms with Crippen molar-refractivity contribution in [3.63, 3.8) is 0 Å². The number of hydrogen-bond acceptors (Lipinski definition) is 4. The van der Waals surface area contributed by atoms with Gasteiger partial charge in [-0.15, -0.1) is 11.3 Å². The lowest BCUT2D eigenvalue weighted by Gasteiger charge is -2.21. The molecule has 0 radical (unpaired) electrons. The second kappa shape index (κ2) is 6.00. The lowest BCUT2D eigenvalue weighted by molar-refractivity contribution is 0.431. The van der Waals surface area contributed by atoms with Crippen molar-refractivity contribution >= 4 is 48.9 Å². The Balaban J connectivity index is 1.82. The molecule has 1 saturated carbocycles. The molecular formula is C12H13BrClN3O2S2. The number of hydrogen-bond donors (Lipinski definition) is 1. The molecule has 114 valence electrons. The maximum Gasteiger partial charge on any atom is 0.250 e. The van der Waals surface area contributed by atoms with Crippen LogP contribution in [0.2, 0.25) is 5.02 Å². The summed E-state index contributed by atoms with van der Waals surface area (Å²) in [5.41, 5.74) is 0. The van der Waals surface area contributed by atoms with Gasteiger partial charge < -0.3 is 4.57 Å². The fourth-order valence-corrected chi connectivity index (χ4v) is 6.34. The van der Waals surface area contributed by atoms with Crippen LogP contribution < -0.4 is 4.72 Å². The normalized spacial score (nSPS) is 22.8. The summed E-state index contributed by atoms with van der Waals surface area (Å²) >= 11 is 10.3. The Kier molecular flexibility index (Phi) is 4.42. The SMILES string of the molecule is O=S(=O)(NC1CCCC1n1ccnc1)c1cc(Cl)c(Br)s1. The molecule has 2 aromatic heterocycles. The minimum atomic E-state index is -3.55. The van der Waals surface area contributed by atoms with Gasteiger partial charge in [-0.05, 0) is 41.3 Å². The van der Waals surface area contributed by atoms with Crippen LogP contribution in [0.15, 0.2) is 32.8 Å². The van der Waals surface area contributed by atoms with Crippen LogP contribution >= 0.6 is 38.9 Å². The van der Waals surface area contributed by atoms with Gasteiger partial charge in [0.05, 0.1) is 21.2 Å². The molecule has 1 aliphatic carbocycles. The van der Waals surface area contributed by atoms with E-state index in [1.165, 1.54) is 6.07 Å². The van der Waals surface area contributed by atoms with Crippen molar-refractivity contribution in [2.45, 2.75) is 35.6 Å². The average Bonchev–Trinajstić information content (AvgIpc) is 3.11. The van der Waals surface area contributed by atoms with Crippen LogP contribution in [0.3, 0.4) is 0 Å². The average molecular weight is 411 g/mol. The molecule has 0 spiro atoms. The van der Waals surface area contributed by atoms with Gasteiger partial charge in [-0.3, -0.25) is 0 Å². The van der Waals surface area contributed by atoms with Crippen LogP contribution in [0.25, 0.3) is 0 Å². The molecule has 21 heavy (non-hydrogen) atoms. The second-order valence-electron chi connectivity index (χ2n) is 4.92. The maximum atomic E-state index is 12.5. The lowest BCUT2D eigenvalue weighted by atomic mass is 10.2. The van der Waals surface area contributed by atoms with Gasteiger partial charge in [0.25, 0.3) is 0 Å². The molecule has 1 aliphatic rings. The minimum Gasteiger partial charge on any atom is -0.333 e. The van der Waals surface area contributed by atoms with E-state index in [-0.39, 0.29) is 16.3 Å². The van der Waals surface area contributed by atoms with E-state index in [9.17, 15) is 8.42 Å². The smallest absolute Gasteiger partial charge is 0.250 e. The number of halogens is 2. The first kappa shape index (κ1) is 15.5. The van der Waals surface area contributed by atoms with Gasteiger partial charge in [-0.25, -0.2) is 18.1 Å². The summed E-state index contributed by atoms with van der Waals surface area (Å²) in [4.78, 5) is 4.03. The zero-order chi connectivity index (χ0) is 15.0. The van der Waals surface area contributed by atoms with Gasteiger partial charge in [0.2, 0.25) is 10.0 Å². The summed E-state index contributed by atoms with van der Waals surface area (Å²) in [5, 5.41) is 0.415. The molecule has 0 bridgehead atoms. The Morgan fingerprint density at radius 1 is 1.48 bits per heavy atom.